The van der Waals surface area contributed by atoms with Crippen LogP contribution in [0.5, 0.6) is 0 Å². The molecule has 3 heterocycles. The molecule has 4 N–H and O–H groups in total. The molecule has 390 valence electrons. The van der Waals surface area contributed by atoms with E-state index in [0.717, 1.165) is 107 Å². The molecule has 3 aliphatic heterocycles. The van der Waals surface area contributed by atoms with E-state index in [1.807, 2.05) is 47.2 Å². The summed E-state index contributed by atoms with van der Waals surface area (Å²) in [6.45, 7) is 12.4. The first-order valence-electron chi connectivity index (χ1n) is 24.6. The van der Waals surface area contributed by atoms with Crippen LogP contribution in [0.4, 0.5) is 24.5 Å². The lowest BCUT2D eigenvalue weighted by atomic mass is 9.71. The smallest absolute Gasteiger partial charge is 0.380 e. The number of ether oxygens (including phenoxy) is 1. The number of nitrogens with zero attached hydrogens (tertiary/aromatic N) is 4. The maximum atomic E-state index is 14.2. The minimum atomic E-state index is -6.06. The van der Waals surface area contributed by atoms with Crippen LogP contribution in [0.15, 0.2) is 117 Å². The van der Waals surface area contributed by atoms with Crippen LogP contribution >= 0.6 is 23.4 Å². The molecular weight excluding hydrogens is 1010 g/mol. The highest BCUT2D eigenvalue weighted by molar-refractivity contribution is 7.99. The third-order valence-corrected chi connectivity index (χ3v) is 18.5. The summed E-state index contributed by atoms with van der Waals surface area (Å²) < 4.78 is 104. The van der Waals surface area contributed by atoms with Crippen molar-refractivity contribution in [2.75, 3.05) is 101 Å². The highest BCUT2D eigenvalue weighted by atomic mass is 35.5. The molecule has 20 heteroatoms. The quantitative estimate of drug-likeness (QED) is 0.0820. The normalized spacial score (nSPS) is 21.6. The molecule has 3 atom stereocenters. The lowest BCUT2D eigenvalue weighted by Crippen LogP contribution is -2.49. The van der Waals surface area contributed by atoms with E-state index < -0.39 is 52.8 Å². The van der Waals surface area contributed by atoms with E-state index in [9.17, 15) is 34.8 Å². The number of sulfonamides is 1. The Hall–Kier alpha value is -4.18. The fourth-order valence-corrected chi connectivity index (χ4v) is 13.4. The molecule has 0 bridgehead atoms. The van der Waals surface area contributed by atoms with E-state index in [0.29, 0.717) is 56.1 Å². The van der Waals surface area contributed by atoms with Crippen molar-refractivity contribution >= 4 is 66.1 Å². The van der Waals surface area contributed by atoms with Crippen molar-refractivity contribution < 1.29 is 39.5 Å². The van der Waals surface area contributed by atoms with Gasteiger partial charge in [-0.25, -0.2) is 21.6 Å². The molecule has 2 unspecified atom stereocenters. The van der Waals surface area contributed by atoms with Crippen LogP contribution in [-0.2, 0) is 24.6 Å². The van der Waals surface area contributed by atoms with Crippen LogP contribution in [-0.4, -0.2) is 146 Å². The number of hydrogen-bond donors (Lipinski definition) is 3. The fourth-order valence-electron chi connectivity index (χ4n) is 10.3. The van der Waals surface area contributed by atoms with Crippen LogP contribution < -0.4 is 20.7 Å². The van der Waals surface area contributed by atoms with Gasteiger partial charge in [-0.1, -0.05) is 54.4 Å². The number of thioether (sulfide) groups is 1. The summed E-state index contributed by atoms with van der Waals surface area (Å²) >= 11 is 7.74. The zero-order valence-corrected chi connectivity index (χ0v) is 43.8. The average molecular weight is 1070 g/mol. The third kappa shape index (κ3) is 13.9. The van der Waals surface area contributed by atoms with E-state index in [4.69, 9.17) is 22.1 Å². The molecule has 3 fully saturated rings. The Morgan fingerprint density at radius 3 is 2.28 bits per heavy atom. The van der Waals surface area contributed by atoms with Crippen molar-refractivity contribution in [2.45, 2.75) is 77.7 Å². The number of hydrogen-bond acceptors (Lipinski definition) is 13. The van der Waals surface area contributed by atoms with Gasteiger partial charge in [0.15, 0.2) is 0 Å². The number of nitrogens with two attached hydrogens (primary N) is 1. The van der Waals surface area contributed by atoms with Crippen molar-refractivity contribution in [1.29, 1.82) is 0 Å². The van der Waals surface area contributed by atoms with Crippen molar-refractivity contribution in [3.63, 3.8) is 0 Å². The number of likely N-dealkylation sites (tertiary alicyclic amines) is 1. The summed E-state index contributed by atoms with van der Waals surface area (Å²) in [6, 6.07) is 26.1. The van der Waals surface area contributed by atoms with Gasteiger partial charge in [0.2, 0.25) is 0 Å². The van der Waals surface area contributed by atoms with Crippen LogP contribution in [0.3, 0.4) is 0 Å². The summed E-state index contributed by atoms with van der Waals surface area (Å²) in [7, 11) is -10.9. The van der Waals surface area contributed by atoms with Gasteiger partial charge in [0.25, 0.3) is 25.8 Å². The number of piperazine rings is 1. The Morgan fingerprint density at radius 2 is 1.60 bits per heavy atom. The number of benzene rings is 4. The largest absolute Gasteiger partial charge is 0.501 e. The zero-order chi connectivity index (χ0) is 51.1. The van der Waals surface area contributed by atoms with E-state index in [2.05, 4.69) is 44.0 Å². The second-order valence-corrected chi connectivity index (χ2v) is 24.9. The van der Waals surface area contributed by atoms with Gasteiger partial charge in [-0.15, -0.1) is 11.8 Å². The summed E-state index contributed by atoms with van der Waals surface area (Å²) in [5, 5.41) is 3.71. The number of anilines is 2. The standard InChI is InChI=1S/C52H65ClF3N7O6S3/c1-51(37-62-22-5-6-42(57)35-62)21-19-47(38-9-13-41(53)14-10-38)40(33-51)34-61-24-26-63(27-25-61)44-15-11-39(12-16-44)50(64)59-72(67,68)46-17-18-48(49(32-46)71(65,66)52(54,55)56)58-43(20-23-60-28-30-69-31-29-60)36-70-45-7-3-2-4-8-45/h2-4,7-18,32,42-43,58H,5-6,19-31,33-37,57H2,1H3,(H,59,64)/t42-,43?,51?/m0/s1. The lowest BCUT2D eigenvalue weighted by molar-refractivity contribution is -0.0435. The Morgan fingerprint density at radius 1 is 0.889 bits per heavy atom. The van der Waals surface area contributed by atoms with Gasteiger partial charge in [-0.05, 0) is 128 Å². The van der Waals surface area contributed by atoms with E-state index in [1.54, 1.807) is 12.1 Å². The molecule has 0 radical (unpaired) electrons. The number of carbonyl (C=O) groups is 1. The molecule has 0 spiro atoms. The number of halogens is 4. The molecule has 0 saturated carbocycles. The highest BCUT2D eigenvalue weighted by Gasteiger charge is 2.48. The Balaban J connectivity index is 0.919. The number of amides is 1. The fraction of sp³-hybridized carbons (Fsp3) is 0.481. The maximum absolute atomic E-state index is 14.2. The van der Waals surface area contributed by atoms with Gasteiger partial charge < -0.3 is 25.6 Å². The van der Waals surface area contributed by atoms with Gasteiger partial charge in [0.05, 0.1) is 23.8 Å². The van der Waals surface area contributed by atoms with Crippen molar-refractivity contribution in [2.24, 2.45) is 11.1 Å². The summed E-state index contributed by atoms with van der Waals surface area (Å²) in [4.78, 5) is 21.7. The zero-order valence-electron chi connectivity index (χ0n) is 40.6. The first-order chi connectivity index (χ1) is 34.3. The summed E-state index contributed by atoms with van der Waals surface area (Å²) in [5.41, 5.74) is 5.25. The number of nitrogens with one attached hydrogen (secondary N) is 2. The molecular formula is C52H65ClF3N7O6S3. The van der Waals surface area contributed by atoms with E-state index in [-0.39, 0.29) is 17.0 Å². The van der Waals surface area contributed by atoms with Crippen molar-refractivity contribution in [3.05, 3.63) is 119 Å². The summed E-state index contributed by atoms with van der Waals surface area (Å²) in [6.07, 6.45) is 5.74. The second kappa shape index (κ2) is 23.6. The number of morpholine rings is 1. The first-order valence-corrected chi connectivity index (χ1v) is 29.0. The number of carbonyl (C=O) groups excluding carboxylic acids is 1. The highest BCUT2D eigenvalue weighted by Crippen LogP contribution is 2.44. The molecule has 4 aromatic rings. The molecule has 3 saturated heterocycles. The van der Waals surface area contributed by atoms with Crippen LogP contribution in [0.2, 0.25) is 5.02 Å². The van der Waals surface area contributed by atoms with Gasteiger partial charge in [0.1, 0.15) is 4.90 Å². The molecule has 8 rings (SSSR count). The molecule has 4 aliphatic rings. The number of piperidine rings is 1. The molecule has 1 aliphatic carbocycles. The summed E-state index contributed by atoms with van der Waals surface area (Å²) in [5.74, 6) is -0.659. The minimum absolute atomic E-state index is 0.00467. The minimum Gasteiger partial charge on any atom is -0.380 e. The predicted octanol–water partition coefficient (Wildman–Crippen LogP) is 8.24. The topological polar surface area (TPSA) is 158 Å². The van der Waals surface area contributed by atoms with Crippen molar-refractivity contribution in [3.8, 4) is 0 Å². The predicted molar refractivity (Wildman–Crippen MR) is 280 cm³/mol. The van der Waals surface area contributed by atoms with E-state index in [1.165, 1.54) is 40.6 Å². The van der Waals surface area contributed by atoms with Gasteiger partial charge >= 0.3 is 5.51 Å². The van der Waals surface area contributed by atoms with Crippen LogP contribution in [0.1, 0.15) is 61.4 Å². The Bertz CT molecular complexity index is 2740. The van der Waals surface area contributed by atoms with E-state index >= 15 is 0 Å². The van der Waals surface area contributed by atoms with Gasteiger partial charge in [-0.3, -0.25) is 14.6 Å². The third-order valence-electron chi connectivity index (χ3n) is 14.2. The number of sulfone groups is 1. The second-order valence-electron chi connectivity index (χ2n) is 19.8. The molecule has 4 aromatic carbocycles. The van der Waals surface area contributed by atoms with Crippen LogP contribution in [0.25, 0.3) is 5.57 Å². The van der Waals surface area contributed by atoms with Gasteiger partial charge in [0, 0.05) is 104 Å². The molecule has 0 aromatic heterocycles. The van der Waals surface area contributed by atoms with Gasteiger partial charge in [-0.2, -0.15) is 13.2 Å². The molecule has 13 nitrogen and oxygen atoms in total. The number of allylic oxidation sites excluding steroid dienone is 1. The lowest BCUT2D eigenvalue weighted by Gasteiger charge is -2.44. The first kappa shape index (κ1) is 54.1. The molecule has 72 heavy (non-hydrogen) atoms. The van der Waals surface area contributed by atoms with Crippen LogP contribution in [0, 0.1) is 5.41 Å². The number of rotatable bonds is 18. The Kier molecular flexibility index (Phi) is 17.7. The maximum Gasteiger partial charge on any atom is 0.501 e. The van der Waals surface area contributed by atoms with Crippen molar-refractivity contribution in [1.82, 2.24) is 19.4 Å². The Labute approximate surface area is 431 Å². The number of alkyl halides is 3. The average Bonchev–Trinajstić information content (AvgIpc) is 3.35. The SMILES string of the molecule is CC1(CN2CCC[C@H](N)C2)CCC(c2ccc(Cl)cc2)=C(CN2CCN(c3ccc(C(=O)NS(=O)(=O)c4ccc(NC(CCN5CCOCC5)CSc5ccccc5)c(S(=O)(=O)C(F)(F)F)c4)cc3)CC2)C1. The molecule has 1 amide bonds. The monoisotopic (exact) mass is 1070 g/mol.